The molecule has 5 nitrogen and oxygen atoms in total. The highest BCUT2D eigenvalue weighted by atomic mass is 35.5. The van der Waals surface area contributed by atoms with Crippen molar-refractivity contribution in [2.75, 3.05) is 7.05 Å². The van der Waals surface area contributed by atoms with Gasteiger partial charge in [-0.2, -0.15) is 5.10 Å². The summed E-state index contributed by atoms with van der Waals surface area (Å²) in [5, 5.41) is 8.66. The van der Waals surface area contributed by atoms with Crippen LogP contribution >= 0.6 is 23.8 Å². The first-order valence-corrected chi connectivity index (χ1v) is 7.12. The Kier molecular flexibility index (Phi) is 5.03. The Bertz CT molecular complexity index is 567. The highest BCUT2D eigenvalue weighted by Crippen LogP contribution is 2.16. The van der Waals surface area contributed by atoms with Crippen LogP contribution < -0.4 is 5.32 Å². The van der Waals surface area contributed by atoms with Crippen LogP contribution in [-0.2, 0) is 19.6 Å². The number of aryl methyl sites for hydroxylation is 1. The molecule has 0 bridgehead atoms. The summed E-state index contributed by atoms with van der Waals surface area (Å²) in [4.78, 5) is 1.92. The lowest BCUT2D eigenvalue weighted by atomic mass is 10.4. The molecule has 0 aliphatic carbocycles. The summed E-state index contributed by atoms with van der Waals surface area (Å²) in [6, 6.07) is 3.75. The van der Waals surface area contributed by atoms with Gasteiger partial charge in [-0.05, 0) is 31.3 Å². The van der Waals surface area contributed by atoms with Gasteiger partial charge < -0.3 is 14.6 Å². The quantitative estimate of drug-likeness (QED) is 0.860. The van der Waals surface area contributed by atoms with Crippen molar-refractivity contribution in [3.8, 4) is 0 Å². The Hall–Kier alpha value is -1.53. The maximum absolute atomic E-state index is 6.14. The molecule has 7 heteroatoms. The number of furan rings is 1. The fourth-order valence-electron chi connectivity index (χ4n) is 1.82. The summed E-state index contributed by atoms with van der Waals surface area (Å²) in [6.45, 7) is 3.98. The van der Waals surface area contributed by atoms with Crippen LogP contribution in [0.4, 0.5) is 0 Å². The normalized spacial score (nSPS) is 10.6. The van der Waals surface area contributed by atoms with Crippen molar-refractivity contribution in [3.63, 3.8) is 0 Å². The van der Waals surface area contributed by atoms with Crippen LogP contribution in [0.1, 0.15) is 18.4 Å². The second-order valence-corrected chi connectivity index (χ2v) is 5.14. The van der Waals surface area contributed by atoms with E-state index in [4.69, 9.17) is 28.2 Å². The molecular weight excluding hydrogens is 296 g/mol. The largest absolute Gasteiger partial charge is 0.467 e. The maximum Gasteiger partial charge on any atom is 0.169 e. The van der Waals surface area contributed by atoms with Crippen molar-refractivity contribution in [3.05, 3.63) is 41.1 Å². The number of aromatic nitrogens is 2. The molecule has 0 aliphatic rings. The first-order chi connectivity index (χ1) is 9.61. The molecule has 108 valence electrons. The molecule has 2 aromatic rings. The Morgan fingerprint density at radius 3 is 3.05 bits per heavy atom. The molecule has 1 N–H and O–H groups in total. The molecule has 0 aromatic carbocycles. The summed E-state index contributed by atoms with van der Waals surface area (Å²) < 4.78 is 7.12. The van der Waals surface area contributed by atoms with E-state index in [1.807, 2.05) is 35.7 Å². The number of rotatable bonds is 5. The lowest BCUT2D eigenvalue weighted by molar-refractivity contribution is 0.448. The van der Waals surface area contributed by atoms with E-state index in [1.165, 1.54) is 0 Å². The third kappa shape index (κ3) is 3.52. The van der Waals surface area contributed by atoms with Gasteiger partial charge in [0.25, 0.3) is 0 Å². The van der Waals surface area contributed by atoms with Crippen molar-refractivity contribution in [2.45, 2.75) is 26.6 Å². The fourth-order valence-corrected chi connectivity index (χ4v) is 2.16. The Balaban J connectivity index is 1.92. The monoisotopic (exact) mass is 312 g/mol. The van der Waals surface area contributed by atoms with Crippen LogP contribution in [0.5, 0.6) is 0 Å². The van der Waals surface area contributed by atoms with Gasteiger partial charge >= 0.3 is 0 Å². The lowest BCUT2D eigenvalue weighted by Gasteiger charge is -2.21. The van der Waals surface area contributed by atoms with Gasteiger partial charge in [0, 0.05) is 13.6 Å². The van der Waals surface area contributed by atoms with Gasteiger partial charge in [0.2, 0.25) is 0 Å². The molecule has 0 atom stereocenters. The zero-order valence-electron chi connectivity index (χ0n) is 11.5. The lowest BCUT2D eigenvalue weighted by Crippen LogP contribution is -2.36. The highest BCUT2D eigenvalue weighted by Gasteiger charge is 2.12. The molecule has 0 spiro atoms. The maximum atomic E-state index is 6.14. The topological polar surface area (TPSA) is 46.2 Å². The third-order valence-corrected chi connectivity index (χ3v) is 3.70. The van der Waals surface area contributed by atoms with Crippen molar-refractivity contribution < 1.29 is 4.42 Å². The van der Waals surface area contributed by atoms with Gasteiger partial charge in [0.15, 0.2) is 5.11 Å². The third-order valence-electron chi connectivity index (χ3n) is 2.92. The van der Waals surface area contributed by atoms with E-state index in [1.54, 1.807) is 12.5 Å². The van der Waals surface area contributed by atoms with Crippen LogP contribution in [0, 0.1) is 0 Å². The Morgan fingerprint density at radius 1 is 1.60 bits per heavy atom. The van der Waals surface area contributed by atoms with Crippen LogP contribution in [0.3, 0.4) is 0 Å². The minimum Gasteiger partial charge on any atom is -0.467 e. The first kappa shape index (κ1) is 14.9. The summed E-state index contributed by atoms with van der Waals surface area (Å²) in [6.07, 6.45) is 3.30. The molecule has 20 heavy (non-hydrogen) atoms. The summed E-state index contributed by atoms with van der Waals surface area (Å²) >= 11 is 11.5. The predicted octanol–water partition coefficient (Wildman–Crippen LogP) is 2.66. The van der Waals surface area contributed by atoms with Crippen LogP contribution in [0.15, 0.2) is 29.0 Å². The second kappa shape index (κ2) is 6.76. The number of halogens is 1. The minimum absolute atomic E-state index is 0.566. The van der Waals surface area contributed by atoms with Gasteiger partial charge in [-0.1, -0.05) is 11.6 Å². The fraction of sp³-hybridized carbons (Fsp3) is 0.385. The van der Waals surface area contributed by atoms with E-state index in [0.29, 0.717) is 23.2 Å². The van der Waals surface area contributed by atoms with Crippen molar-refractivity contribution in [2.24, 2.45) is 0 Å². The molecular formula is C13H17ClN4OS. The zero-order valence-corrected chi connectivity index (χ0v) is 13.0. The summed E-state index contributed by atoms with van der Waals surface area (Å²) in [5.74, 6) is 0.845. The number of hydrogen-bond acceptors (Lipinski definition) is 3. The molecule has 0 saturated carbocycles. The van der Waals surface area contributed by atoms with Crippen molar-refractivity contribution in [1.29, 1.82) is 0 Å². The molecule has 2 rings (SSSR count). The molecule has 0 radical (unpaired) electrons. The molecule has 0 amide bonds. The van der Waals surface area contributed by atoms with E-state index in [2.05, 4.69) is 10.4 Å². The predicted molar refractivity (Wildman–Crippen MR) is 82.5 cm³/mol. The Labute approximate surface area is 128 Å². The number of nitrogens with one attached hydrogen (secondary N) is 1. The standard InChI is InChI=1S/C13H17ClN4OS/c1-3-18-12(11(14)8-16-18)9-17(2)13(20)15-7-10-5-4-6-19-10/h4-6,8H,3,7,9H2,1-2H3,(H,15,20). The molecule has 2 aromatic heterocycles. The average Bonchev–Trinajstić information content (AvgIpc) is 3.07. The summed E-state index contributed by atoms with van der Waals surface area (Å²) in [5.41, 5.74) is 0.957. The minimum atomic E-state index is 0.566. The second-order valence-electron chi connectivity index (χ2n) is 4.35. The van der Waals surface area contributed by atoms with E-state index in [9.17, 15) is 0 Å². The average molecular weight is 313 g/mol. The zero-order chi connectivity index (χ0) is 14.5. The molecule has 0 fully saturated rings. The van der Waals surface area contributed by atoms with Gasteiger partial charge in [0.1, 0.15) is 5.76 Å². The molecule has 0 unspecified atom stereocenters. The van der Waals surface area contributed by atoms with E-state index < -0.39 is 0 Å². The smallest absolute Gasteiger partial charge is 0.169 e. The van der Waals surface area contributed by atoms with Gasteiger partial charge in [-0.3, -0.25) is 4.68 Å². The van der Waals surface area contributed by atoms with E-state index in [0.717, 1.165) is 18.0 Å². The molecule has 0 saturated heterocycles. The van der Waals surface area contributed by atoms with Gasteiger partial charge in [0.05, 0.1) is 36.3 Å². The number of hydrogen-bond donors (Lipinski definition) is 1. The first-order valence-electron chi connectivity index (χ1n) is 6.33. The van der Waals surface area contributed by atoms with Crippen molar-refractivity contribution >= 4 is 28.9 Å². The Morgan fingerprint density at radius 2 is 2.40 bits per heavy atom. The summed E-state index contributed by atoms with van der Waals surface area (Å²) in [7, 11) is 1.92. The van der Waals surface area contributed by atoms with Crippen molar-refractivity contribution in [1.82, 2.24) is 20.0 Å². The van der Waals surface area contributed by atoms with Crippen LogP contribution in [-0.4, -0.2) is 26.8 Å². The number of thiocarbonyl (C=S) groups is 1. The van der Waals surface area contributed by atoms with Crippen LogP contribution in [0.25, 0.3) is 0 Å². The van der Waals surface area contributed by atoms with Crippen LogP contribution in [0.2, 0.25) is 5.02 Å². The molecule has 2 heterocycles. The highest BCUT2D eigenvalue weighted by molar-refractivity contribution is 7.80. The SMILES string of the molecule is CCn1ncc(Cl)c1CN(C)C(=S)NCc1ccco1. The van der Waals surface area contributed by atoms with E-state index in [-0.39, 0.29) is 0 Å². The number of nitrogens with zero attached hydrogens (tertiary/aromatic N) is 3. The van der Waals surface area contributed by atoms with E-state index >= 15 is 0 Å². The van der Waals surface area contributed by atoms with Gasteiger partial charge in [-0.15, -0.1) is 0 Å². The molecule has 0 aliphatic heterocycles. The van der Waals surface area contributed by atoms with Gasteiger partial charge in [-0.25, -0.2) is 0 Å².